The van der Waals surface area contributed by atoms with Gasteiger partial charge in [0.15, 0.2) is 0 Å². The van der Waals surface area contributed by atoms with Crippen molar-refractivity contribution in [3.05, 3.63) is 35.9 Å². The highest BCUT2D eigenvalue weighted by Gasteiger charge is 2.22. The van der Waals surface area contributed by atoms with Crippen LogP contribution in [-0.4, -0.2) is 18.7 Å². The van der Waals surface area contributed by atoms with Crippen molar-refractivity contribution in [1.29, 1.82) is 0 Å². The number of allylic oxidation sites excluding steroid dienone is 1. The molecule has 3 heteroatoms. The van der Waals surface area contributed by atoms with Crippen molar-refractivity contribution in [3.63, 3.8) is 0 Å². The summed E-state index contributed by atoms with van der Waals surface area (Å²) in [5.41, 5.74) is 3.29. The van der Waals surface area contributed by atoms with E-state index in [4.69, 9.17) is 4.74 Å². The smallest absolute Gasteiger partial charge is 0.414 e. The lowest BCUT2D eigenvalue weighted by molar-refractivity contribution is 0.0589. The summed E-state index contributed by atoms with van der Waals surface area (Å²) < 4.78 is 5.39. The first-order chi connectivity index (χ1) is 8.61. The van der Waals surface area contributed by atoms with E-state index in [1.54, 1.807) is 7.05 Å². The summed E-state index contributed by atoms with van der Waals surface area (Å²) in [4.78, 5) is 13.6. The van der Waals surface area contributed by atoms with Gasteiger partial charge in [-0.3, -0.25) is 4.90 Å². The summed E-state index contributed by atoms with van der Waals surface area (Å²) in [5.74, 6) is 0. The second-order valence-corrected chi connectivity index (χ2v) is 5.84. The zero-order valence-corrected chi connectivity index (χ0v) is 12.7. The zero-order chi connectivity index (χ0) is 14.8. The molecular weight excluding hydrogens is 238 g/mol. The maximum Gasteiger partial charge on any atom is 0.414 e. The fourth-order valence-electron chi connectivity index (χ4n) is 1.71. The maximum absolute atomic E-state index is 12.1. The van der Waals surface area contributed by atoms with Crippen molar-refractivity contribution in [2.24, 2.45) is 0 Å². The highest BCUT2D eigenvalue weighted by atomic mass is 16.6. The van der Waals surface area contributed by atoms with Gasteiger partial charge in [-0.05, 0) is 51.8 Å². The Labute approximate surface area is 115 Å². The molecule has 0 aromatic heterocycles. The second kappa shape index (κ2) is 5.47. The van der Waals surface area contributed by atoms with Crippen LogP contribution in [0.3, 0.4) is 0 Å². The average Bonchev–Trinajstić information content (AvgIpc) is 2.25. The van der Waals surface area contributed by atoms with Crippen molar-refractivity contribution in [2.75, 3.05) is 11.9 Å². The third kappa shape index (κ3) is 4.12. The van der Waals surface area contributed by atoms with E-state index in [1.165, 1.54) is 4.90 Å². The van der Waals surface area contributed by atoms with Crippen molar-refractivity contribution >= 4 is 17.4 Å². The van der Waals surface area contributed by atoms with Gasteiger partial charge < -0.3 is 4.74 Å². The normalized spacial score (nSPS) is 11.1. The van der Waals surface area contributed by atoms with E-state index in [1.807, 2.05) is 52.8 Å². The second-order valence-electron chi connectivity index (χ2n) is 5.84. The highest BCUT2D eigenvalue weighted by molar-refractivity contribution is 5.91. The van der Waals surface area contributed by atoms with Gasteiger partial charge in [-0.15, -0.1) is 0 Å². The van der Waals surface area contributed by atoms with Gasteiger partial charge in [0, 0.05) is 12.6 Å². The number of benzene rings is 1. The van der Waals surface area contributed by atoms with Gasteiger partial charge in [0.2, 0.25) is 0 Å². The Morgan fingerprint density at radius 3 is 2.37 bits per heavy atom. The lowest BCUT2D eigenvalue weighted by Gasteiger charge is -2.26. The van der Waals surface area contributed by atoms with Crippen LogP contribution < -0.4 is 4.90 Å². The lowest BCUT2D eigenvalue weighted by Crippen LogP contribution is -2.34. The van der Waals surface area contributed by atoms with Gasteiger partial charge in [-0.2, -0.15) is 0 Å². The van der Waals surface area contributed by atoms with Crippen LogP contribution in [0.1, 0.15) is 38.8 Å². The minimum atomic E-state index is -0.501. The van der Waals surface area contributed by atoms with Crippen molar-refractivity contribution in [2.45, 2.75) is 40.2 Å². The van der Waals surface area contributed by atoms with E-state index in [0.717, 1.165) is 22.4 Å². The highest BCUT2D eigenvalue weighted by Crippen LogP contribution is 2.27. The van der Waals surface area contributed by atoms with E-state index >= 15 is 0 Å². The molecule has 0 radical (unpaired) electrons. The van der Waals surface area contributed by atoms with E-state index in [-0.39, 0.29) is 6.09 Å². The van der Waals surface area contributed by atoms with Gasteiger partial charge in [0.1, 0.15) is 5.60 Å². The number of ether oxygens (including phenoxy) is 1. The number of aryl methyl sites for hydroxylation is 1. The Balaban J connectivity index is 3.11. The first kappa shape index (κ1) is 15.3. The molecule has 0 aliphatic heterocycles. The Hall–Kier alpha value is -1.77. The lowest BCUT2D eigenvalue weighted by atomic mass is 10.0. The van der Waals surface area contributed by atoms with Crippen molar-refractivity contribution in [3.8, 4) is 0 Å². The van der Waals surface area contributed by atoms with Crippen LogP contribution in [0, 0.1) is 6.92 Å². The predicted octanol–water partition coefficient (Wildman–Crippen LogP) is 4.40. The molecular formula is C16H23NO2. The molecule has 0 heterocycles. The molecule has 3 nitrogen and oxygen atoms in total. The SMILES string of the molecule is C=C(C)c1ccc(C)cc1N(C)C(=O)OC(C)(C)C. The van der Waals surface area contributed by atoms with E-state index in [0.29, 0.717) is 0 Å². The minimum Gasteiger partial charge on any atom is -0.443 e. The van der Waals surface area contributed by atoms with Gasteiger partial charge in [-0.25, -0.2) is 4.79 Å². The number of hydrogen-bond donors (Lipinski definition) is 0. The molecule has 0 N–H and O–H groups in total. The molecule has 104 valence electrons. The van der Waals surface area contributed by atoms with Gasteiger partial charge in [-0.1, -0.05) is 18.7 Å². The number of rotatable bonds is 2. The number of amides is 1. The molecule has 0 unspecified atom stereocenters. The van der Waals surface area contributed by atoms with Crippen LogP contribution in [0.25, 0.3) is 5.57 Å². The maximum atomic E-state index is 12.1. The molecule has 0 atom stereocenters. The first-order valence-corrected chi connectivity index (χ1v) is 6.35. The van der Waals surface area contributed by atoms with Crippen LogP contribution in [0.15, 0.2) is 24.8 Å². The molecule has 19 heavy (non-hydrogen) atoms. The van der Waals surface area contributed by atoms with Gasteiger partial charge in [0.25, 0.3) is 0 Å². The predicted molar refractivity (Wildman–Crippen MR) is 80.5 cm³/mol. The molecule has 0 bridgehead atoms. The molecule has 1 amide bonds. The van der Waals surface area contributed by atoms with Crippen LogP contribution in [-0.2, 0) is 4.74 Å². The Bertz CT molecular complexity index is 498. The summed E-state index contributed by atoms with van der Waals surface area (Å²) in [6, 6.07) is 5.96. The number of carbonyl (C=O) groups is 1. The molecule has 1 aromatic rings. The molecule has 0 aliphatic rings. The number of nitrogens with zero attached hydrogens (tertiary/aromatic N) is 1. The molecule has 1 rings (SSSR count). The third-order valence-corrected chi connectivity index (χ3v) is 2.64. The van der Waals surface area contributed by atoms with Gasteiger partial charge >= 0.3 is 6.09 Å². The largest absolute Gasteiger partial charge is 0.443 e. The fourth-order valence-corrected chi connectivity index (χ4v) is 1.71. The molecule has 1 aromatic carbocycles. The molecule has 0 saturated carbocycles. The third-order valence-electron chi connectivity index (χ3n) is 2.64. The number of carbonyl (C=O) groups excluding carboxylic acids is 1. The minimum absolute atomic E-state index is 0.361. The van der Waals surface area contributed by atoms with Gasteiger partial charge in [0.05, 0.1) is 5.69 Å². The van der Waals surface area contributed by atoms with Crippen LogP contribution in [0.4, 0.5) is 10.5 Å². The van der Waals surface area contributed by atoms with E-state index < -0.39 is 5.60 Å². The summed E-state index contributed by atoms with van der Waals surface area (Å²) in [5, 5.41) is 0. The Morgan fingerprint density at radius 1 is 1.32 bits per heavy atom. The quantitative estimate of drug-likeness (QED) is 0.789. The summed E-state index contributed by atoms with van der Waals surface area (Å²) in [6.45, 7) is 13.4. The molecule has 0 spiro atoms. The van der Waals surface area contributed by atoms with Crippen molar-refractivity contribution < 1.29 is 9.53 Å². The molecule has 0 saturated heterocycles. The zero-order valence-electron chi connectivity index (χ0n) is 12.7. The summed E-state index contributed by atoms with van der Waals surface area (Å²) in [7, 11) is 1.72. The summed E-state index contributed by atoms with van der Waals surface area (Å²) in [6.07, 6.45) is -0.361. The first-order valence-electron chi connectivity index (χ1n) is 6.35. The molecule has 0 fully saturated rings. The van der Waals surface area contributed by atoms with Crippen LogP contribution >= 0.6 is 0 Å². The van der Waals surface area contributed by atoms with Crippen LogP contribution in [0.5, 0.6) is 0 Å². The fraction of sp³-hybridized carbons (Fsp3) is 0.438. The average molecular weight is 261 g/mol. The van der Waals surface area contributed by atoms with E-state index in [9.17, 15) is 4.79 Å². The summed E-state index contributed by atoms with van der Waals surface area (Å²) >= 11 is 0. The van der Waals surface area contributed by atoms with Crippen LogP contribution in [0.2, 0.25) is 0 Å². The van der Waals surface area contributed by atoms with Crippen molar-refractivity contribution in [1.82, 2.24) is 0 Å². The Kier molecular flexibility index (Phi) is 4.40. The number of anilines is 1. The topological polar surface area (TPSA) is 29.5 Å². The monoisotopic (exact) mass is 261 g/mol. The molecule has 0 aliphatic carbocycles. The van der Waals surface area contributed by atoms with E-state index in [2.05, 4.69) is 6.58 Å². The number of hydrogen-bond acceptors (Lipinski definition) is 2. The Morgan fingerprint density at radius 2 is 1.89 bits per heavy atom. The standard InChI is InChI=1S/C16H23NO2/c1-11(2)13-9-8-12(3)10-14(13)17(7)15(18)19-16(4,5)6/h8-10H,1H2,2-7H3.